The highest BCUT2D eigenvalue weighted by molar-refractivity contribution is 5.85. The fraction of sp³-hybridized carbons (Fsp3) is 0.833. The van der Waals surface area contributed by atoms with E-state index in [0.29, 0.717) is 44.9 Å². The average Bonchev–Trinajstić information content (AvgIpc) is 3.46. The van der Waals surface area contributed by atoms with Crippen molar-refractivity contribution in [1.29, 1.82) is 0 Å². The monoisotopic (exact) mass is 591 g/mol. The van der Waals surface area contributed by atoms with Crippen LogP contribution in [0.25, 0.3) is 0 Å². The Balaban J connectivity index is 1.27. The van der Waals surface area contributed by atoms with Crippen LogP contribution < -0.4 is 11.2 Å². The number of carbonyl (C=O) groups is 2. The molecule has 4 aliphatic carbocycles. The molecule has 0 radical (unpaired) electrons. The van der Waals surface area contributed by atoms with Crippen molar-refractivity contribution >= 4 is 18.2 Å². The van der Waals surface area contributed by atoms with Crippen molar-refractivity contribution in [2.24, 2.45) is 39.4 Å². The lowest BCUT2D eigenvalue weighted by Crippen LogP contribution is -2.69. The number of aliphatic hydroxyl groups is 4. The van der Waals surface area contributed by atoms with Crippen LogP contribution in [0.15, 0.2) is 16.8 Å². The molecule has 0 spiro atoms. The van der Waals surface area contributed by atoms with Gasteiger partial charge in [-0.3, -0.25) is 0 Å². The van der Waals surface area contributed by atoms with Crippen LogP contribution in [0.2, 0.25) is 0 Å². The fourth-order valence-electron chi connectivity index (χ4n) is 10.00. The van der Waals surface area contributed by atoms with E-state index in [1.165, 1.54) is 0 Å². The lowest BCUT2D eigenvalue weighted by Gasteiger charge is -2.66. The Morgan fingerprint density at radius 1 is 1.14 bits per heavy atom. The van der Waals surface area contributed by atoms with Gasteiger partial charge in [0, 0.05) is 36.0 Å². The van der Waals surface area contributed by atoms with Crippen LogP contribution in [0.1, 0.15) is 78.1 Å². The number of urea groups is 1. The Bertz CT molecular complexity index is 1150. The number of hydrogen-bond acceptors (Lipinski definition) is 10. The number of amides is 2. The number of cyclic esters (lactones) is 1. The van der Waals surface area contributed by atoms with E-state index in [2.05, 4.69) is 17.5 Å². The average molecular weight is 592 g/mol. The van der Waals surface area contributed by atoms with Crippen LogP contribution in [0.5, 0.6) is 0 Å². The van der Waals surface area contributed by atoms with Crippen LogP contribution in [0, 0.1) is 28.6 Å². The van der Waals surface area contributed by atoms with Gasteiger partial charge in [0.2, 0.25) is 0 Å². The molecule has 12 nitrogen and oxygen atoms in total. The minimum absolute atomic E-state index is 0.0488. The highest BCUT2D eigenvalue weighted by Gasteiger charge is 2.71. The van der Waals surface area contributed by atoms with Crippen molar-refractivity contribution in [2.45, 2.75) is 120 Å². The summed E-state index contributed by atoms with van der Waals surface area (Å²) in [5.74, 6) is -0.495. The molecule has 4 saturated carbocycles. The van der Waals surface area contributed by atoms with Crippen LogP contribution in [-0.2, 0) is 19.0 Å². The van der Waals surface area contributed by atoms with Gasteiger partial charge in [0.05, 0.1) is 29.5 Å². The van der Waals surface area contributed by atoms with E-state index in [1.807, 2.05) is 0 Å². The smallest absolute Gasteiger partial charge is 0.332 e. The van der Waals surface area contributed by atoms with Gasteiger partial charge in [0.15, 0.2) is 6.29 Å². The van der Waals surface area contributed by atoms with E-state index in [-0.39, 0.29) is 42.9 Å². The summed E-state index contributed by atoms with van der Waals surface area (Å²) in [6.07, 6.45) is 5.06. The number of rotatable bonds is 5. The van der Waals surface area contributed by atoms with Crippen molar-refractivity contribution < 1.29 is 44.2 Å². The number of hydrogen-bond donors (Lipinski definition) is 6. The summed E-state index contributed by atoms with van der Waals surface area (Å²) in [5, 5.41) is 49.5. The minimum atomic E-state index is -1.23. The topological polar surface area (TPSA) is 193 Å². The molecule has 4 unspecified atom stereocenters. The molecule has 6 aliphatic rings. The molecular weight excluding hydrogens is 546 g/mol. The van der Waals surface area contributed by atoms with E-state index in [9.17, 15) is 30.0 Å². The predicted molar refractivity (Wildman–Crippen MR) is 149 cm³/mol. The Morgan fingerprint density at radius 2 is 1.90 bits per heavy atom. The van der Waals surface area contributed by atoms with Crippen LogP contribution in [-0.4, -0.2) is 87.2 Å². The maximum Gasteiger partial charge on any atom is 0.332 e. The largest absolute Gasteiger partial charge is 0.458 e. The second-order valence-electron chi connectivity index (χ2n) is 13.9. The molecule has 2 amide bonds. The molecule has 0 aromatic carbocycles. The normalized spacial score (nSPS) is 50.4. The zero-order valence-corrected chi connectivity index (χ0v) is 24.4. The molecule has 234 valence electrons. The summed E-state index contributed by atoms with van der Waals surface area (Å²) < 4.78 is 17.3. The maximum atomic E-state index is 12.5. The Labute approximate surface area is 245 Å². The second-order valence-corrected chi connectivity index (χ2v) is 13.9. The molecule has 7 N–H and O–H groups in total. The number of esters is 1. The molecule has 6 rings (SSSR count). The summed E-state index contributed by atoms with van der Waals surface area (Å²) in [4.78, 5) is 23.4. The highest BCUT2D eigenvalue weighted by atomic mass is 16.7. The fourth-order valence-corrected chi connectivity index (χ4v) is 10.00. The second kappa shape index (κ2) is 10.5. The quantitative estimate of drug-likeness (QED) is 0.118. The van der Waals surface area contributed by atoms with Gasteiger partial charge in [-0.25, -0.2) is 15.0 Å². The minimum Gasteiger partial charge on any atom is -0.458 e. The van der Waals surface area contributed by atoms with Crippen LogP contribution in [0.3, 0.4) is 0 Å². The zero-order valence-electron chi connectivity index (χ0n) is 24.4. The third kappa shape index (κ3) is 4.52. The van der Waals surface area contributed by atoms with Crippen molar-refractivity contribution in [3.8, 4) is 0 Å². The number of fused-ring (bicyclic) bond motifs is 5. The molecule has 42 heavy (non-hydrogen) atoms. The molecular formula is C30H45N3O9. The first-order chi connectivity index (χ1) is 19.8. The number of hydrazone groups is 1. The lowest BCUT2D eigenvalue weighted by molar-refractivity contribution is -0.282. The lowest BCUT2D eigenvalue weighted by atomic mass is 9.41. The molecule has 0 aromatic heterocycles. The first-order valence-corrected chi connectivity index (χ1v) is 15.4. The first kappa shape index (κ1) is 30.0. The molecule has 12 heteroatoms. The number of nitrogens with zero attached hydrogens (tertiary/aromatic N) is 1. The van der Waals surface area contributed by atoms with E-state index in [0.717, 1.165) is 18.4 Å². The van der Waals surface area contributed by atoms with Gasteiger partial charge in [0.1, 0.15) is 12.7 Å². The van der Waals surface area contributed by atoms with Crippen LogP contribution in [0.4, 0.5) is 4.79 Å². The van der Waals surface area contributed by atoms with Gasteiger partial charge in [-0.15, -0.1) is 0 Å². The molecule has 0 bridgehead atoms. The van der Waals surface area contributed by atoms with Crippen molar-refractivity contribution in [3.05, 3.63) is 11.6 Å². The standard InChI is InChI=1S/C30H45N3O9/c1-16-25(36)22(34)12-24(41-16)42-18-3-8-28(15-32-33-26(31)37)20-4-7-27(2)19(17-11-23(35)40-14-17)6-10-30(27,39)21(20)5-9-29(28,38)13-18/h11,15-16,18-22,24-25,34,36,38-39H,3-10,12-14H2,1-2H3,(H3,31,33,37)/b32-15+/t16?,18-,19+,20-,21+,22?,24?,25?,27+,28-,29-,30-/m0/s1. The SMILES string of the molecule is CC1OC(O[C@H]2CC[C@]3(/C=N/NC(N)=O)[C@H]4CC[C@]5(C)[C@@H](C6=CC(=O)OC6)CC[C@]5(O)[C@@H]4CC[C@]3(O)C2)CC(O)C1O. The molecule has 0 aromatic rings. The summed E-state index contributed by atoms with van der Waals surface area (Å²) >= 11 is 0. The third-order valence-electron chi connectivity index (χ3n) is 12.1. The van der Waals surface area contributed by atoms with Gasteiger partial charge < -0.3 is 40.4 Å². The molecule has 12 atom stereocenters. The number of aliphatic hydroxyl groups excluding tert-OH is 2. The van der Waals surface area contributed by atoms with Gasteiger partial charge in [0.25, 0.3) is 0 Å². The summed E-state index contributed by atoms with van der Waals surface area (Å²) in [6, 6.07) is -0.796. The molecule has 2 heterocycles. The van der Waals surface area contributed by atoms with E-state index in [1.54, 1.807) is 19.2 Å². The summed E-state index contributed by atoms with van der Waals surface area (Å²) in [5.41, 5.74) is 5.09. The molecule has 5 fully saturated rings. The zero-order chi connectivity index (χ0) is 30.1. The number of ether oxygens (including phenoxy) is 3. The third-order valence-corrected chi connectivity index (χ3v) is 12.1. The Morgan fingerprint density at radius 3 is 2.60 bits per heavy atom. The van der Waals surface area contributed by atoms with Gasteiger partial charge >= 0.3 is 12.0 Å². The summed E-state index contributed by atoms with van der Waals surface area (Å²) in [7, 11) is 0. The van der Waals surface area contributed by atoms with Gasteiger partial charge in [-0.05, 0) is 81.6 Å². The summed E-state index contributed by atoms with van der Waals surface area (Å²) in [6.45, 7) is 4.11. The van der Waals surface area contributed by atoms with Gasteiger partial charge in [-0.1, -0.05) is 6.92 Å². The first-order valence-electron chi connectivity index (χ1n) is 15.4. The van der Waals surface area contributed by atoms with Crippen molar-refractivity contribution in [1.82, 2.24) is 5.43 Å². The van der Waals surface area contributed by atoms with Gasteiger partial charge in [-0.2, -0.15) is 5.10 Å². The number of nitrogens with one attached hydrogen (secondary N) is 1. The molecule has 2 aliphatic heterocycles. The van der Waals surface area contributed by atoms with E-state index >= 15 is 0 Å². The predicted octanol–water partition coefficient (Wildman–Crippen LogP) is 1.23. The Kier molecular flexibility index (Phi) is 7.50. The number of carbonyl (C=O) groups excluding carboxylic acids is 2. The highest BCUT2D eigenvalue weighted by Crippen LogP contribution is 2.70. The van der Waals surface area contributed by atoms with E-state index in [4.69, 9.17) is 19.9 Å². The van der Waals surface area contributed by atoms with E-state index < -0.39 is 52.7 Å². The molecule has 1 saturated heterocycles. The number of nitrogens with two attached hydrogens (primary N) is 1. The maximum absolute atomic E-state index is 12.5. The number of primary amides is 1. The van der Waals surface area contributed by atoms with Crippen molar-refractivity contribution in [2.75, 3.05) is 6.61 Å². The Hall–Kier alpha value is -2.09. The van der Waals surface area contributed by atoms with Crippen LogP contribution >= 0.6 is 0 Å². The van der Waals surface area contributed by atoms with Crippen molar-refractivity contribution in [3.63, 3.8) is 0 Å².